The largest absolute Gasteiger partial charge is 0.507 e. The average molecular weight is 424 g/mol. The van der Waals surface area contributed by atoms with E-state index in [9.17, 15) is 31.6 Å². The Labute approximate surface area is 158 Å². The smallest absolute Gasteiger partial charge is 0.295 e. The van der Waals surface area contributed by atoms with Gasteiger partial charge in [0.05, 0.1) is 16.0 Å². The summed E-state index contributed by atoms with van der Waals surface area (Å²) in [6.45, 7) is 0. The molecule has 0 spiro atoms. The zero-order valence-corrected chi connectivity index (χ0v) is 15.4. The summed E-state index contributed by atoms with van der Waals surface area (Å²) in [4.78, 5) is -0.953. The molecule has 146 valence electrons. The molecule has 0 amide bonds. The minimum absolute atomic E-state index is 0.114. The lowest BCUT2D eigenvalue weighted by Gasteiger charge is -2.09. The van der Waals surface area contributed by atoms with Crippen LogP contribution in [0.15, 0.2) is 68.6 Å². The lowest BCUT2D eigenvalue weighted by atomic mass is 10.1. The van der Waals surface area contributed by atoms with Gasteiger partial charge in [0.15, 0.2) is 5.75 Å². The Morgan fingerprint density at radius 1 is 0.786 bits per heavy atom. The van der Waals surface area contributed by atoms with Crippen LogP contribution in [0.1, 0.15) is 0 Å². The predicted octanol–water partition coefficient (Wildman–Crippen LogP) is 3.16. The lowest BCUT2D eigenvalue weighted by molar-refractivity contribution is 0.463. The SMILES string of the molecule is O=S(=O)(O)c1ccc(N=Nc2cc(S(=O)(=O)O)c3cccc(O)c3c2O)cc1. The molecule has 0 unspecified atom stereocenters. The molecule has 0 saturated heterocycles. The Morgan fingerprint density at radius 3 is 2.00 bits per heavy atom. The summed E-state index contributed by atoms with van der Waals surface area (Å²) >= 11 is 0. The molecule has 0 aliphatic heterocycles. The van der Waals surface area contributed by atoms with Crippen LogP contribution in [0.2, 0.25) is 0 Å². The highest BCUT2D eigenvalue weighted by molar-refractivity contribution is 7.86. The van der Waals surface area contributed by atoms with E-state index in [2.05, 4.69) is 10.2 Å². The van der Waals surface area contributed by atoms with E-state index < -0.39 is 36.6 Å². The Hall–Kier alpha value is -3.06. The van der Waals surface area contributed by atoms with Gasteiger partial charge in [-0.1, -0.05) is 12.1 Å². The van der Waals surface area contributed by atoms with E-state index >= 15 is 0 Å². The van der Waals surface area contributed by atoms with Gasteiger partial charge >= 0.3 is 0 Å². The summed E-state index contributed by atoms with van der Waals surface area (Å²) in [5.41, 5.74) is -0.238. The van der Waals surface area contributed by atoms with Crippen molar-refractivity contribution >= 4 is 42.4 Å². The van der Waals surface area contributed by atoms with E-state index in [-0.39, 0.29) is 27.0 Å². The molecule has 10 nitrogen and oxygen atoms in total. The number of phenols is 2. The highest BCUT2D eigenvalue weighted by atomic mass is 32.2. The minimum Gasteiger partial charge on any atom is -0.507 e. The van der Waals surface area contributed by atoms with Crippen LogP contribution in [-0.2, 0) is 20.2 Å². The van der Waals surface area contributed by atoms with Gasteiger partial charge in [-0.05, 0) is 36.4 Å². The lowest BCUT2D eigenvalue weighted by Crippen LogP contribution is -1.99. The van der Waals surface area contributed by atoms with Gasteiger partial charge < -0.3 is 10.2 Å². The highest BCUT2D eigenvalue weighted by Gasteiger charge is 2.21. The molecule has 3 aromatic rings. The third kappa shape index (κ3) is 3.80. The molecule has 0 aliphatic rings. The van der Waals surface area contributed by atoms with Crippen molar-refractivity contribution in [2.45, 2.75) is 9.79 Å². The molecule has 0 aromatic heterocycles. The van der Waals surface area contributed by atoms with E-state index in [1.54, 1.807) is 0 Å². The molecule has 12 heteroatoms. The molecule has 0 bridgehead atoms. The normalized spacial score (nSPS) is 12.6. The molecule has 0 atom stereocenters. The van der Waals surface area contributed by atoms with Gasteiger partial charge in [0.1, 0.15) is 16.3 Å². The molecular formula is C16H12N2O8S2. The number of azo groups is 1. The quantitative estimate of drug-likeness (QED) is 0.365. The van der Waals surface area contributed by atoms with Gasteiger partial charge in [-0.3, -0.25) is 9.11 Å². The first kappa shape index (κ1) is 19.7. The zero-order chi connectivity index (χ0) is 20.7. The average Bonchev–Trinajstić information content (AvgIpc) is 2.59. The molecule has 4 N–H and O–H groups in total. The maximum Gasteiger partial charge on any atom is 0.295 e. The Bertz CT molecular complexity index is 1320. The van der Waals surface area contributed by atoms with Crippen molar-refractivity contribution in [1.82, 2.24) is 0 Å². The Morgan fingerprint density at radius 2 is 1.43 bits per heavy atom. The monoisotopic (exact) mass is 424 g/mol. The van der Waals surface area contributed by atoms with E-state index in [0.29, 0.717) is 0 Å². The topological polar surface area (TPSA) is 174 Å². The maximum absolute atomic E-state index is 11.7. The molecule has 0 aliphatic carbocycles. The fourth-order valence-electron chi connectivity index (χ4n) is 2.48. The number of nitrogens with zero attached hydrogens (tertiary/aromatic N) is 2. The molecule has 3 aromatic carbocycles. The van der Waals surface area contributed by atoms with Gasteiger partial charge in [-0.25, -0.2) is 0 Å². The summed E-state index contributed by atoms with van der Waals surface area (Å²) in [6, 6.07) is 9.28. The molecule has 0 radical (unpaired) electrons. The van der Waals surface area contributed by atoms with Gasteiger partial charge in [0.2, 0.25) is 0 Å². The second-order valence-corrected chi connectivity index (χ2v) is 8.40. The van der Waals surface area contributed by atoms with Gasteiger partial charge in [0, 0.05) is 5.39 Å². The number of fused-ring (bicyclic) bond motifs is 1. The summed E-state index contributed by atoms with van der Waals surface area (Å²) in [5.74, 6) is -1.01. The van der Waals surface area contributed by atoms with Crippen LogP contribution in [0.3, 0.4) is 0 Å². The van der Waals surface area contributed by atoms with Crippen molar-refractivity contribution in [2.24, 2.45) is 10.2 Å². The van der Waals surface area contributed by atoms with Crippen molar-refractivity contribution in [1.29, 1.82) is 0 Å². The van der Waals surface area contributed by atoms with E-state index in [0.717, 1.165) is 18.2 Å². The van der Waals surface area contributed by atoms with Crippen LogP contribution in [0, 0.1) is 0 Å². The van der Waals surface area contributed by atoms with E-state index in [4.69, 9.17) is 4.55 Å². The molecule has 0 saturated carbocycles. The Kier molecular flexibility index (Phi) is 4.81. The van der Waals surface area contributed by atoms with E-state index in [1.165, 1.54) is 30.3 Å². The van der Waals surface area contributed by atoms with Crippen molar-refractivity contribution in [3.8, 4) is 11.5 Å². The van der Waals surface area contributed by atoms with Gasteiger partial charge in [-0.2, -0.15) is 21.9 Å². The maximum atomic E-state index is 11.7. The van der Waals surface area contributed by atoms with E-state index in [1.807, 2.05) is 0 Å². The summed E-state index contributed by atoms with van der Waals surface area (Å²) < 4.78 is 63.8. The van der Waals surface area contributed by atoms with Crippen LogP contribution < -0.4 is 0 Å². The van der Waals surface area contributed by atoms with Crippen molar-refractivity contribution in [3.63, 3.8) is 0 Å². The van der Waals surface area contributed by atoms with Crippen molar-refractivity contribution < 1.29 is 36.2 Å². The molecule has 28 heavy (non-hydrogen) atoms. The number of hydrogen-bond donors (Lipinski definition) is 4. The number of benzene rings is 3. The third-order valence-corrected chi connectivity index (χ3v) is 5.50. The van der Waals surface area contributed by atoms with Gasteiger partial charge in [0.25, 0.3) is 20.2 Å². The predicted molar refractivity (Wildman–Crippen MR) is 97.5 cm³/mol. The van der Waals surface area contributed by atoms with Crippen molar-refractivity contribution in [3.05, 3.63) is 48.5 Å². The van der Waals surface area contributed by atoms with Crippen LogP contribution in [-0.4, -0.2) is 36.2 Å². The second kappa shape index (κ2) is 6.83. The summed E-state index contributed by atoms with van der Waals surface area (Å²) in [6.07, 6.45) is 0. The number of aromatic hydroxyl groups is 2. The first-order valence-electron chi connectivity index (χ1n) is 7.43. The first-order valence-corrected chi connectivity index (χ1v) is 10.3. The second-order valence-electron chi connectivity index (χ2n) is 5.59. The number of phenolic OH excluding ortho intramolecular Hbond substituents is 2. The van der Waals surface area contributed by atoms with Crippen molar-refractivity contribution in [2.75, 3.05) is 0 Å². The summed E-state index contributed by atoms with van der Waals surface area (Å²) in [7, 11) is -9.09. The van der Waals surface area contributed by atoms with Crippen LogP contribution >= 0.6 is 0 Å². The number of hydrogen-bond acceptors (Lipinski definition) is 8. The third-order valence-electron chi connectivity index (χ3n) is 3.74. The standard InChI is InChI=1S/C16H12N2O8S2/c19-13-3-1-2-11-14(28(24,25)26)8-12(16(20)15(11)13)18-17-9-4-6-10(7-5-9)27(21,22)23/h1-8,19-20H,(H,21,22,23)(H,24,25,26). The fourth-order valence-corrected chi connectivity index (χ4v) is 3.67. The zero-order valence-electron chi connectivity index (χ0n) is 13.8. The van der Waals surface area contributed by atoms with Crippen LogP contribution in [0.5, 0.6) is 11.5 Å². The fraction of sp³-hybridized carbons (Fsp3) is 0. The number of rotatable bonds is 4. The van der Waals surface area contributed by atoms with Crippen LogP contribution in [0.4, 0.5) is 11.4 Å². The highest BCUT2D eigenvalue weighted by Crippen LogP contribution is 2.43. The molecular weight excluding hydrogens is 412 g/mol. The molecule has 3 rings (SSSR count). The minimum atomic E-state index is -4.71. The van der Waals surface area contributed by atoms with Crippen LogP contribution in [0.25, 0.3) is 10.8 Å². The molecule has 0 fully saturated rings. The van der Waals surface area contributed by atoms with Gasteiger partial charge in [-0.15, -0.1) is 5.11 Å². The Balaban J connectivity index is 2.15. The first-order chi connectivity index (χ1) is 13.0. The molecule has 0 heterocycles. The summed E-state index contributed by atoms with van der Waals surface area (Å²) in [5, 5.41) is 27.4.